The van der Waals surface area contributed by atoms with Crippen molar-refractivity contribution in [3.8, 4) is 0 Å². The van der Waals surface area contributed by atoms with E-state index in [4.69, 9.17) is 0 Å². The molecule has 1 saturated heterocycles. The van der Waals surface area contributed by atoms with E-state index in [2.05, 4.69) is 17.1 Å². The molecule has 2 fully saturated rings. The summed E-state index contributed by atoms with van der Waals surface area (Å²) in [5.74, 6) is -0.130. The summed E-state index contributed by atoms with van der Waals surface area (Å²) in [7, 11) is 0. The number of likely N-dealkylation sites (tertiary alicyclic amines) is 1. The van der Waals surface area contributed by atoms with Gasteiger partial charge in [0.1, 0.15) is 5.82 Å². The van der Waals surface area contributed by atoms with Crippen molar-refractivity contribution < 1.29 is 9.18 Å². The van der Waals surface area contributed by atoms with E-state index in [1.165, 1.54) is 31.4 Å². The number of rotatable bonds is 6. The number of carbonyl (C=O) groups excluding carboxylic acids is 1. The second-order valence-corrected chi connectivity index (χ2v) is 7.03. The lowest BCUT2D eigenvalue weighted by atomic mass is 9.94. The summed E-state index contributed by atoms with van der Waals surface area (Å²) in [5.41, 5.74) is 0.535. The predicted octanol–water partition coefficient (Wildman–Crippen LogP) is 3.24. The third-order valence-corrected chi connectivity index (χ3v) is 5.34. The molecule has 0 aromatic heterocycles. The minimum Gasteiger partial charge on any atom is -0.351 e. The minimum absolute atomic E-state index is 0.118. The first-order valence-electron chi connectivity index (χ1n) is 8.93. The highest BCUT2D eigenvalue weighted by atomic mass is 19.1. The zero-order chi connectivity index (χ0) is 16.3. The summed E-state index contributed by atoms with van der Waals surface area (Å²) >= 11 is 0. The molecule has 23 heavy (non-hydrogen) atoms. The maximum absolute atomic E-state index is 13.1. The lowest BCUT2D eigenvalue weighted by Crippen LogP contribution is -2.48. The van der Waals surface area contributed by atoms with Crippen molar-refractivity contribution in [2.24, 2.45) is 0 Å². The molecule has 0 spiro atoms. The Labute approximate surface area is 138 Å². The van der Waals surface area contributed by atoms with E-state index in [0.717, 1.165) is 44.5 Å². The third-order valence-electron chi connectivity index (χ3n) is 5.34. The average Bonchev–Trinajstić information content (AvgIpc) is 3.37. The fourth-order valence-corrected chi connectivity index (χ4v) is 3.59. The van der Waals surface area contributed by atoms with Gasteiger partial charge in [-0.05, 0) is 62.9 Å². The van der Waals surface area contributed by atoms with Gasteiger partial charge in [0.05, 0.1) is 5.41 Å². The molecule has 1 heterocycles. The van der Waals surface area contributed by atoms with Gasteiger partial charge in [-0.25, -0.2) is 4.39 Å². The highest BCUT2D eigenvalue weighted by Crippen LogP contribution is 2.48. The zero-order valence-electron chi connectivity index (χ0n) is 14.0. The standard InChI is InChI=1S/C19H27FN2O/c1-2-17(14-22-12-4-3-5-13-22)21-18(23)19(10-11-19)15-6-8-16(20)9-7-15/h6-9,17H,2-5,10-14H2,1H3,(H,21,23)/t17-/m0/s1. The van der Waals surface area contributed by atoms with E-state index < -0.39 is 5.41 Å². The molecule has 1 aliphatic carbocycles. The topological polar surface area (TPSA) is 32.3 Å². The number of carbonyl (C=O) groups is 1. The van der Waals surface area contributed by atoms with E-state index in [9.17, 15) is 9.18 Å². The number of amides is 1. The van der Waals surface area contributed by atoms with Crippen molar-refractivity contribution in [1.29, 1.82) is 0 Å². The Bertz CT molecular complexity index is 533. The van der Waals surface area contributed by atoms with Crippen molar-refractivity contribution in [2.45, 2.75) is 56.9 Å². The predicted molar refractivity (Wildman–Crippen MR) is 89.8 cm³/mol. The van der Waals surface area contributed by atoms with Crippen molar-refractivity contribution in [2.75, 3.05) is 19.6 Å². The van der Waals surface area contributed by atoms with Crippen LogP contribution in [0.4, 0.5) is 4.39 Å². The number of nitrogens with one attached hydrogen (secondary N) is 1. The van der Waals surface area contributed by atoms with Crippen LogP contribution in [0.25, 0.3) is 0 Å². The molecular weight excluding hydrogens is 291 g/mol. The molecule has 3 rings (SSSR count). The van der Waals surface area contributed by atoms with E-state index in [-0.39, 0.29) is 17.8 Å². The van der Waals surface area contributed by atoms with Gasteiger partial charge in [-0.1, -0.05) is 25.5 Å². The molecule has 2 aliphatic rings. The number of hydrogen-bond acceptors (Lipinski definition) is 2. The molecule has 1 N–H and O–H groups in total. The molecule has 3 nitrogen and oxygen atoms in total. The molecule has 126 valence electrons. The number of halogens is 1. The van der Waals surface area contributed by atoms with Gasteiger partial charge in [0.25, 0.3) is 0 Å². The van der Waals surface area contributed by atoms with Crippen molar-refractivity contribution in [1.82, 2.24) is 10.2 Å². The number of piperidine rings is 1. The largest absolute Gasteiger partial charge is 0.351 e. The summed E-state index contributed by atoms with van der Waals surface area (Å²) in [6.07, 6.45) is 6.54. The van der Waals surface area contributed by atoms with E-state index in [1.807, 2.05) is 0 Å². The summed E-state index contributed by atoms with van der Waals surface area (Å²) in [4.78, 5) is 15.3. The van der Waals surface area contributed by atoms with Crippen LogP contribution in [-0.2, 0) is 10.2 Å². The van der Waals surface area contributed by atoms with Crippen LogP contribution in [-0.4, -0.2) is 36.5 Å². The average molecular weight is 318 g/mol. The first-order valence-corrected chi connectivity index (χ1v) is 8.93. The van der Waals surface area contributed by atoms with Gasteiger partial charge in [0.2, 0.25) is 5.91 Å². The minimum atomic E-state index is -0.414. The highest BCUT2D eigenvalue weighted by molar-refractivity contribution is 5.91. The molecule has 1 aromatic carbocycles. The number of hydrogen-bond donors (Lipinski definition) is 1. The van der Waals surface area contributed by atoms with Crippen LogP contribution in [0, 0.1) is 5.82 Å². The van der Waals surface area contributed by atoms with Crippen LogP contribution in [0.2, 0.25) is 0 Å². The second kappa shape index (κ2) is 7.00. The lowest BCUT2D eigenvalue weighted by Gasteiger charge is -2.31. The monoisotopic (exact) mass is 318 g/mol. The van der Waals surface area contributed by atoms with Gasteiger partial charge in [0.15, 0.2) is 0 Å². The molecule has 1 aliphatic heterocycles. The molecule has 1 aromatic rings. The van der Waals surface area contributed by atoms with Crippen LogP contribution in [0.3, 0.4) is 0 Å². The molecule has 1 amide bonds. The smallest absolute Gasteiger partial charge is 0.230 e. The first-order chi connectivity index (χ1) is 11.1. The van der Waals surface area contributed by atoms with Crippen LogP contribution in [0.1, 0.15) is 51.0 Å². The molecule has 4 heteroatoms. The van der Waals surface area contributed by atoms with Crippen LogP contribution in [0.5, 0.6) is 0 Å². The molecule has 0 radical (unpaired) electrons. The van der Waals surface area contributed by atoms with Gasteiger partial charge in [-0.3, -0.25) is 4.79 Å². The Morgan fingerprint density at radius 1 is 1.22 bits per heavy atom. The van der Waals surface area contributed by atoms with E-state index in [0.29, 0.717) is 0 Å². The van der Waals surface area contributed by atoms with Gasteiger partial charge < -0.3 is 10.2 Å². The third kappa shape index (κ3) is 3.74. The van der Waals surface area contributed by atoms with Gasteiger partial charge in [-0.2, -0.15) is 0 Å². The Hall–Kier alpha value is -1.42. The van der Waals surface area contributed by atoms with Gasteiger partial charge >= 0.3 is 0 Å². The van der Waals surface area contributed by atoms with Gasteiger partial charge in [0, 0.05) is 12.6 Å². The Balaban J connectivity index is 1.61. The van der Waals surface area contributed by atoms with E-state index in [1.54, 1.807) is 12.1 Å². The normalized spacial score (nSPS) is 21.7. The molecule has 1 atom stereocenters. The molecule has 0 unspecified atom stereocenters. The van der Waals surface area contributed by atoms with Crippen LogP contribution < -0.4 is 5.32 Å². The Morgan fingerprint density at radius 3 is 2.43 bits per heavy atom. The Kier molecular flexibility index (Phi) is 5.00. The first kappa shape index (κ1) is 16.4. The van der Waals surface area contributed by atoms with Crippen molar-refractivity contribution in [3.63, 3.8) is 0 Å². The molecular formula is C19H27FN2O. The lowest BCUT2D eigenvalue weighted by molar-refractivity contribution is -0.124. The summed E-state index contributed by atoms with van der Waals surface area (Å²) in [5, 5.41) is 3.26. The number of benzene rings is 1. The summed E-state index contributed by atoms with van der Waals surface area (Å²) in [6.45, 7) is 5.37. The SMILES string of the molecule is CC[C@@H](CN1CCCCC1)NC(=O)C1(c2ccc(F)cc2)CC1. The highest BCUT2D eigenvalue weighted by Gasteiger charge is 2.51. The molecule has 0 bridgehead atoms. The summed E-state index contributed by atoms with van der Waals surface area (Å²) in [6, 6.07) is 6.63. The fourth-order valence-electron chi connectivity index (χ4n) is 3.59. The van der Waals surface area contributed by atoms with Crippen molar-refractivity contribution in [3.05, 3.63) is 35.6 Å². The maximum Gasteiger partial charge on any atom is 0.230 e. The van der Waals surface area contributed by atoms with Gasteiger partial charge in [-0.15, -0.1) is 0 Å². The van der Waals surface area contributed by atoms with Crippen molar-refractivity contribution >= 4 is 5.91 Å². The fraction of sp³-hybridized carbons (Fsp3) is 0.632. The quantitative estimate of drug-likeness (QED) is 0.873. The molecule has 1 saturated carbocycles. The Morgan fingerprint density at radius 2 is 1.87 bits per heavy atom. The number of nitrogens with zero attached hydrogens (tertiary/aromatic N) is 1. The van der Waals surface area contributed by atoms with E-state index >= 15 is 0 Å². The van der Waals surface area contributed by atoms with Crippen LogP contribution in [0.15, 0.2) is 24.3 Å². The summed E-state index contributed by atoms with van der Waals surface area (Å²) < 4.78 is 13.1. The van der Waals surface area contributed by atoms with Crippen LogP contribution >= 0.6 is 0 Å². The zero-order valence-corrected chi connectivity index (χ0v) is 14.0. The second-order valence-electron chi connectivity index (χ2n) is 7.03. The maximum atomic E-state index is 13.1.